The highest BCUT2D eigenvalue weighted by Crippen LogP contribution is 2.24. The topological polar surface area (TPSA) is 79.3 Å². The van der Waals surface area contributed by atoms with Crippen molar-refractivity contribution >= 4 is 29.4 Å². The molecule has 1 aliphatic rings. The number of nitrogens with zero attached hydrogens (tertiary/aromatic N) is 3. The minimum atomic E-state index is -0.0676. The van der Waals surface area contributed by atoms with Gasteiger partial charge in [-0.05, 0) is 61.6 Å². The summed E-state index contributed by atoms with van der Waals surface area (Å²) in [5.41, 5.74) is 5.16. The first-order valence-corrected chi connectivity index (χ1v) is 12.1. The molecule has 3 amide bonds. The van der Waals surface area contributed by atoms with Gasteiger partial charge >= 0.3 is 6.03 Å². The second kappa shape index (κ2) is 10.6. The van der Waals surface area contributed by atoms with Crippen molar-refractivity contribution in [1.82, 2.24) is 19.8 Å². The van der Waals surface area contributed by atoms with Crippen LogP contribution in [0.15, 0.2) is 60.0 Å². The van der Waals surface area contributed by atoms with Gasteiger partial charge in [-0.25, -0.2) is 9.78 Å². The lowest BCUT2D eigenvalue weighted by Crippen LogP contribution is -2.32. The summed E-state index contributed by atoms with van der Waals surface area (Å²) >= 11 is 1.41. The van der Waals surface area contributed by atoms with E-state index < -0.39 is 0 Å². The highest BCUT2D eigenvalue weighted by molar-refractivity contribution is 7.99. The number of imidazole rings is 1. The largest absolute Gasteiger partial charge is 0.351 e. The fourth-order valence-corrected chi connectivity index (χ4v) is 4.64. The van der Waals surface area contributed by atoms with Gasteiger partial charge in [0.05, 0.1) is 11.4 Å². The maximum Gasteiger partial charge on any atom is 0.321 e. The van der Waals surface area contributed by atoms with Gasteiger partial charge in [0.15, 0.2) is 5.16 Å². The Morgan fingerprint density at radius 3 is 2.70 bits per heavy atom. The van der Waals surface area contributed by atoms with Crippen LogP contribution in [0.5, 0.6) is 0 Å². The minimum absolute atomic E-state index is 0.0653. The fourth-order valence-electron chi connectivity index (χ4n) is 3.84. The Hall–Kier alpha value is -3.26. The van der Waals surface area contributed by atoms with Gasteiger partial charge in [0, 0.05) is 37.7 Å². The average Bonchev–Trinajstić information content (AvgIpc) is 3.51. The van der Waals surface area contributed by atoms with Crippen LogP contribution >= 0.6 is 11.8 Å². The summed E-state index contributed by atoms with van der Waals surface area (Å²) in [5, 5.41) is 6.68. The molecule has 2 N–H and O–H groups in total. The second-order valence-corrected chi connectivity index (χ2v) is 9.13. The van der Waals surface area contributed by atoms with Crippen LogP contribution in [0.4, 0.5) is 10.5 Å². The molecule has 1 aromatic heterocycles. The van der Waals surface area contributed by atoms with E-state index in [0.717, 1.165) is 48.0 Å². The minimum Gasteiger partial charge on any atom is -0.351 e. The molecule has 3 aromatic rings. The lowest BCUT2D eigenvalue weighted by Gasteiger charge is -2.16. The number of rotatable bonds is 7. The Kier molecular flexibility index (Phi) is 7.34. The van der Waals surface area contributed by atoms with Crippen LogP contribution in [0.2, 0.25) is 0 Å². The van der Waals surface area contributed by atoms with E-state index in [9.17, 15) is 9.59 Å². The quantitative estimate of drug-likeness (QED) is 0.505. The van der Waals surface area contributed by atoms with E-state index >= 15 is 0 Å². The molecule has 7 nitrogen and oxygen atoms in total. The number of aryl methyl sites for hydroxylation is 1. The number of carbonyl (C=O) groups excluding carboxylic acids is 2. The van der Waals surface area contributed by atoms with Crippen molar-refractivity contribution in [3.63, 3.8) is 0 Å². The van der Waals surface area contributed by atoms with Crippen LogP contribution in [-0.2, 0) is 11.3 Å². The SMILES string of the molecule is Cc1cccc(-n2ccnc2SCC(=O)NCc2cccc(NC(=O)N3CCCC3)c2)c1C. The summed E-state index contributed by atoms with van der Waals surface area (Å²) in [7, 11) is 0. The first-order chi connectivity index (χ1) is 16.0. The fraction of sp³-hybridized carbons (Fsp3) is 0.320. The number of hydrogen-bond donors (Lipinski definition) is 2. The zero-order valence-electron chi connectivity index (χ0n) is 19.0. The van der Waals surface area contributed by atoms with Crippen molar-refractivity contribution in [3.8, 4) is 5.69 Å². The van der Waals surface area contributed by atoms with Crippen molar-refractivity contribution in [3.05, 3.63) is 71.5 Å². The molecule has 0 saturated carbocycles. The molecule has 0 atom stereocenters. The van der Waals surface area contributed by atoms with Crippen molar-refractivity contribution in [1.29, 1.82) is 0 Å². The number of carbonyl (C=O) groups is 2. The molecule has 1 aliphatic heterocycles. The maximum atomic E-state index is 12.5. The Morgan fingerprint density at radius 1 is 1.09 bits per heavy atom. The maximum absolute atomic E-state index is 12.5. The van der Waals surface area contributed by atoms with Crippen molar-refractivity contribution in [2.24, 2.45) is 0 Å². The molecular formula is C25H29N5O2S. The summed E-state index contributed by atoms with van der Waals surface area (Å²) in [5.74, 6) is 0.204. The average molecular weight is 464 g/mol. The Morgan fingerprint density at radius 2 is 1.88 bits per heavy atom. The molecule has 4 rings (SSSR count). The summed E-state index contributed by atoms with van der Waals surface area (Å²) in [4.78, 5) is 31.0. The third-order valence-corrected chi connectivity index (χ3v) is 6.80. The summed E-state index contributed by atoms with van der Waals surface area (Å²) in [6.07, 6.45) is 5.79. The van der Waals surface area contributed by atoms with Crippen LogP contribution in [0, 0.1) is 13.8 Å². The molecule has 2 aromatic carbocycles. The zero-order chi connectivity index (χ0) is 23.2. The summed E-state index contributed by atoms with van der Waals surface area (Å²) < 4.78 is 2.02. The number of aromatic nitrogens is 2. The molecule has 8 heteroatoms. The van der Waals surface area contributed by atoms with Crippen LogP contribution < -0.4 is 10.6 Å². The van der Waals surface area contributed by atoms with Crippen molar-refractivity contribution in [2.45, 2.75) is 38.4 Å². The van der Waals surface area contributed by atoms with E-state index in [1.165, 1.54) is 22.9 Å². The smallest absolute Gasteiger partial charge is 0.321 e. The molecule has 1 saturated heterocycles. The Labute approximate surface area is 198 Å². The molecular weight excluding hydrogens is 434 g/mol. The highest BCUT2D eigenvalue weighted by atomic mass is 32.2. The van der Waals surface area contributed by atoms with Gasteiger partial charge < -0.3 is 15.5 Å². The highest BCUT2D eigenvalue weighted by Gasteiger charge is 2.17. The molecule has 2 heterocycles. The third-order valence-electron chi connectivity index (χ3n) is 5.84. The van der Waals surface area contributed by atoms with Crippen LogP contribution in [0.1, 0.15) is 29.5 Å². The number of likely N-dealkylation sites (tertiary alicyclic amines) is 1. The number of urea groups is 1. The number of amides is 3. The first kappa shape index (κ1) is 22.9. The first-order valence-electron chi connectivity index (χ1n) is 11.2. The molecule has 172 valence electrons. The Bertz CT molecular complexity index is 1140. The number of nitrogens with one attached hydrogen (secondary N) is 2. The van der Waals surface area contributed by atoms with Gasteiger partial charge in [0.25, 0.3) is 0 Å². The predicted molar refractivity (Wildman–Crippen MR) is 132 cm³/mol. The molecule has 0 unspecified atom stereocenters. The molecule has 33 heavy (non-hydrogen) atoms. The van der Waals surface area contributed by atoms with Gasteiger partial charge in [0.1, 0.15) is 0 Å². The monoisotopic (exact) mass is 463 g/mol. The standard InChI is InChI=1S/C25H29N5O2S/c1-18-7-5-10-22(19(18)2)30-14-11-26-25(30)33-17-23(31)27-16-20-8-6-9-21(15-20)28-24(32)29-12-3-4-13-29/h5-11,14-15H,3-4,12-13,16-17H2,1-2H3,(H,27,31)(H,28,32). The second-order valence-electron chi connectivity index (χ2n) is 8.19. The van der Waals surface area contributed by atoms with Crippen molar-refractivity contribution in [2.75, 3.05) is 24.2 Å². The number of anilines is 1. The van der Waals surface area contributed by atoms with Crippen molar-refractivity contribution < 1.29 is 9.59 Å². The third kappa shape index (κ3) is 5.76. The lowest BCUT2D eigenvalue weighted by atomic mass is 10.1. The van der Waals surface area contributed by atoms with E-state index in [2.05, 4.69) is 41.6 Å². The van der Waals surface area contributed by atoms with Gasteiger partial charge in [0.2, 0.25) is 5.91 Å². The van der Waals surface area contributed by atoms with Crippen LogP contribution in [0.25, 0.3) is 5.69 Å². The molecule has 0 aliphatic carbocycles. The van der Waals surface area contributed by atoms with E-state index in [-0.39, 0.29) is 17.7 Å². The van der Waals surface area contributed by atoms with Gasteiger partial charge in [-0.15, -0.1) is 0 Å². The van der Waals surface area contributed by atoms with Gasteiger partial charge in [-0.2, -0.15) is 0 Å². The Balaban J connectivity index is 1.30. The van der Waals surface area contributed by atoms with E-state index in [1.54, 1.807) is 6.20 Å². The summed E-state index contributed by atoms with van der Waals surface area (Å²) in [6, 6.07) is 13.7. The molecule has 0 spiro atoms. The number of benzene rings is 2. The van der Waals surface area contributed by atoms with Gasteiger partial charge in [-0.1, -0.05) is 36.0 Å². The summed E-state index contributed by atoms with van der Waals surface area (Å²) in [6.45, 7) is 6.19. The van der Waals surface area contributed by atoms with E-state index in [1.807, 2.05) is 46.0 Å². The predicted octanol–water partition coefficient (Wildman–Crippen LogP) is 4.53. The number of thioether (sulfide) groups is 1. The molecule has 1 fully saturated rings. The van der Waals surface area contributed by atoms with E-state index in [4.69, 9.17) is 0 Å². The zero-order valence-corrected chi connectivity index (χ0v) is 19.8. The lowest BCUT2D eigenvalue weighted by molar-refractivity contribution is -0.118. The van der Waals surface area contributed by atoms with Crippen LogP contribution in [-0.4, -0.2) is 45.2 Å². The number of hydrogen-bond acceptors (Lipinski definition) is 4. The molecule has 0 bridgehead atoms. The normalized spacial score (nSPS) is 13.2. The van der Waals surface area contributed by atoms with E-state index in [0.29, 0.717) is 6.54 Å². The van der Waals surface area contributed by atoms with Gasteiger partial charge in [-0.3, -0.25) is 9.36 Å². The van der Waals surface area contributed by atoms with Crippen LogP contribution in [0.3, 0.4) is 0 Å². The molecule has 0 radical (unpaired) electrons.